The summed E-state index contributed by atoms with van der Waals surface area (Å²) in [5.74, 6) is -0.0649. The summed E-state index contributed by atoms with van der Waals surface area (Å²) in [5.41, 5.74) is 0. The van der Waals surface area contributed by atoms with Crippen molar-refractivity contribution in [2.24, 2.45) is 0 Å². The van der Waals surface area contributed by atoms with Gasteiger partial charge < -0.3 is 15.5 Å². The Morgan fingerprint density at radius 2 is 0.974 bits per heavy atom. The molecule has 0 aromatic heterocycles. The highest BCUT2D eigenvalue weighted by Gasteiger charge is 2.17. The smallest absolute Gasteiger partial charge is 0.220 e. The number of aliphatic hydroxyl groups is 2. The quantitative estimate of drug-likeness (QED) is 0.0471. The monoisotopic (exact) mass is 554 g/mol. The van der Waals surface area contributed by atoms with Crippen molar-refractivity contribution in [3.8, 4) is 0 Å². The molecular formula is C34H67NO3. The lowest BCUT2D eigenvalue weighted by molar-refractivity contribution is -0.123. The summed E-state index contributed by atoms with van der Waals surface area (Å²) >= 11 is 0. The standard InChI is InChI=1S/C34H67NO3/c1-3-5-7-9-11-13-15-17-19-21-23-25-27-29-33(37)32(31-36)35-34(38)30-28-26-24-22-20-18-16-14-12-10-8-6-4-2/h27,29,32-33,36-37H,3-26,28,30-31H2,1-2H3,(H,35,38)/b29-27+/t32-,33+/m0/s1/i2+1,4+1,6+1,8+1,10+1,12+1,14+1,16+1,18+1,20+1,22+1,24+1,26+1,28+1,30+1,34+1. The molecule has 0 aliphatic heterocycles. The van der Waals surface area contributed by atoms with Crippen LogP contribution in [0.1, 0.15) is 181 Å². The molecule has 0 spiro atoms. The minimum absolute atomic E-state index is 0.0649. The SMILES string of the molecule is CCCCCCCCCCCCC/C=C/[C@@H](O)[C@H](CO)N[13C](=O)[13CH2][13CH2][13CH2][13CH2][13CH2][13CH2][13CH2][13CH2][13CH2][13CH2][13CH2][13CH2][13CH2][13CH2][13CH3]. The van der Waals surface area contributed by atoms with Crippen LogP contribution in [0.3, 0.4) is 0 Å². The Hall–Kier alpha value is -0.870. The van der Waals surface area contributed by atoms with Crippen LogP contribution in [0.4, 0.5) is 0 Å². The van der Waals surface area contributed by atoms with Crippen LogP contribution in [0.15, 0.2) is 12.2 Å². The van der Waals surface area contributed by atoms with Crippen LogP contribution in [0.2, 0.25) is 0 Å². The second kappa shape index (κ2) is 30.7. The van der Waals surface area contributed by atoms with E-state index in [0.29, 0.717) is 6.42 Å². The summed E-state index contributed by atoms with van der Waals surface area (Å²) in [6.45, 7) is 4.29. The number of allylic oxidation sites excluding steroid dienone is 1. The van der Waals surface area contributed by atoms with E-state index in [0.717, 1.165) is 25.7 Å². The Morgan fingerprint density at radius 3 is 1.37 bits per heavy atom. The van der Waals surface area contributed by atoms with Crippen molar-refractivity contribution in [2.45, 2.75) is 193 Å². The van der Waals surface area contributed by atoms with E-state index in [4.69, 9.17) is 0 Å². The summed E-state index contributed by atoms with van der Waals surface area (Å²) in [4.78, 5) is 12.2. The second-order valence-corrected chi connectivity index (χ2v) is 11.6. The third-order valence-corrected chi connectivity index (χ3v) is 7.77. The molecule has 0 bridgehead atoms. The van der Waals surface area contributed by atoms with Crippen molar-refractivity contribution in [1.29, 1.82) is 0 Å². The predicted molar refractivity (Wildman–Crippen MR) is 166 cm³/mol. The third kappa shape index (κ3) is 26.7. The summed E-state index contributed by atoms with van der Waals surface area (Å²) in [6, 6.07) is -0.613. The molecule has 4 heteroatoms. The molecule has 1 amide bonds. The van der Waals surface area contributed by atoms with Gasteiger partial charge in [-0.3, -0.25) is 4.79 Å². The van der Waals surface area contributed by atoms with Gasteiger partial charge in [0.05, 0.1) is 18.8 Å². The van der Waals surface area contributed by atoms with Crippen LogP contribution >= 0.6 is 0 Å². The molecule has 0 saturated heterocycles. The van der Waals surface area contributed by atoms with Crippen LogP contribution < -0.4 is 5.32 Å². The lowest BCUT2D eigenvalue weighted by Crippen LogP contribution is -2.45. The number of nitrogens with one attached hydrogen (secondary N) is 1. The molecule has 0 aromatic carbocycles. The lowest BCUT2D eigenvalue weighted by atomic mass is 10.0. The van der Waals surface area contributed by atoms with Gasteiger partial charge in [0.1, 0.15) is 0 Å². The van der Waals surface area contributed by atoms with Crippen molar-refractivity contribution in [3.63, 3.8) is 0 Å². The molecule has 3 N–H and O–H groups in total. The number of amides is 1. The molecule has 0 fully saturated rings. The first-order chi connectivity index (χ1) is 18.7. The van der Waals surface area contributed by atoms with E-state index in [2.05, 4.69) is 19.2 Å². The van der Waals surface area contributed by atoms with Crippen molar-refractivity contribution in [3.05, 3.63) is 12.2 Å². The van der Waals surface area contributed by atoms with Crippen molar-refractivity contribution in [2.75, 3.05) is 6.61 Å². The summed E-state index contributed by atoms with van der Waals surface area (Å²) in [5, 5.41) is 22.8. The summed E-state index contributed by atoms with van der Waals surface area (Å²) in [7, 11) is 0. The van der Waals surface area contributed by atoms with Gasteiger partial charge >= 0.3 is 0 Å². The van der Waals surface area contributed by atoms with Crippen LogP contribution in [0, 0.1) is 0 Å². The highest BCUT2D eigenvalue weighted by Crippen LogP contribution is 2.14. The molecule has 4 nitrogen and oxygen atoms in total. The number of rotatable bonds is 30. The fourth-order valence-electron chi connectivity index (χ4n) is 5.12. The Bertz CT molecular complexity index is 508. The molecule has 2 atom stereocenters. The zero-order valence-electron chi connectivity index (χ0n) is 25.7. The minimum Gasteiger partial charge on any atom is -0.394 e. The maximum Gasteiger partial charge on any atom is 0.220 e. The van der Waals surface area contributed by atoms with Gasteiger partial charge in [0.15, 0.2) is 0 Å². The molecule has 0 radical (unpaired) electrons. The summed E-state index contributed by atoms with van der Waals surface area (Å²) in [6.07, 6.45) is 35.7. The second-order valence-electron chi connectivity index (χ2n) is 11.6. The van der Waals surface area contributed by atoms with E-state index >= 15 is 0 Å². The number of carbonyl (C=O) groups is 1. The van der Waals surface area contributed by atoms with E-state index in [9.17, 15) is 15.0 Å². The highest BCUT2D eigenvalue weighted by molar-refractivity contribution is 5.76. The van der Waals surface area contributed by atoms with E-state index < -0.39 is 12.1 Å². The first-order valence-corrected chi connectivity index (χ1v) is 16.9. The molecule has 0 heterocycles. The zero-order valence-corrected chi connectivity index (χ0v) is 25.7. The number of unbranched alkanes of at least 4 members (excludes halogenated alkanes) is 23. The van der Waals surface area contributed by atoms with Gasteiger partial charge in [-0.1, -0.05) is 167 Å². The number of aliphatic hydroxyl groups excluding tert-OH is 2. The molecule has 0 aliphatic rings. The van der Waals surface area contributed by atoms with Gasteiger partial charge in [0, 0.05) is 6.42 Å². The number of carbonyl (C=O) groups excluding carboxylic acids is 1. The third-order valence-electron chi connectivity index (χ3n) is 7.77. The molecular weight excluding hydrogens is 486 g/mol. The van der Waals surface area contributed by atoms with Gasteiger partial charge in [-0.25, -0.2) is 0 Å². The molecule has 38 heavy (non-hydrogen) atoms. The van der Waals surface area contributed by atoms with Crippen molar-refractivity contribution < 1.29 is 15.0 Å². The van der Waals surface area contributed by atoms with Crippen LogP contribution in [0.5, 0.6) is 0 Å². The fraction of sp³-hybridized carbons (Fsp3) is 0.912. The average Bonchev–Trinajstić information content (AvgIpc) is 2.92. The van der Waals surface area contributed by atoms with Gasteiger partial charge in [0.25, 0.3) is 0 Å². The Labute approximate surface area is 237 Å². The molecule has 0 rings (SSSR count). The lowest BCUT2D eigenvalue weighted by Gasteiger charge is -2.20. The van der Waals surface area contributed by atoms with Gasteiger partial charge in [0.2, 0.25) is 5.91 Å². The first-order valence-electron chi connectivity index (χ1n) is 16.9. The maximum atomic E-state index is 12.2. The van der Waals surface area contributed by atoms with Crippen LogP contribution in [-0.4, -0.2) is 34.9 Å². The molecule has 0 saturated carbocycles. The maximum absolute atomic E-state index is 12.2. The fourth-order valence-corrected chi connectivity index (χ4v) is 5.12. The molecule has 0 aliphatic carbocycles. The zero-order chi connectivity index (χ0) is 27.9. The van der Waals surface area contributed by atoms with Crippen LogP contribution in [0.25, 0.3) is 0 Å². The normalized spacial score (nSPS) is 13.3. The minimum atomic E-state index is -0.830. The van der Waals surface area contributed by atoms with Crippen molar-refractivity contribution in [1.82, 2.24) is 5.32 Å². The van der Waals surface area contributed by atoms with Crippen molar-refractivity contribution >= 4 is 5.91 Å². The van der Waals surface area contributed by atoms with E-state index in [-0.39, 0.29) is 12.5 Å². The van der Waals surface area contributed by atoms with Crippen LogP contribution in [-0.2, 0) is 4.79 Å². The Kier molecular flexibility index (Phi) is 30.0. The molecule has 0 aromatic rings. The Balaban J connectivity index is 3.63. The average molecular weight is 554 g/mol. The van der Waals surface area contributed by atoms with Gasteiger partial charge in [-0.15, -0.1) is 0 Å². The summed E-state index contributed by atoms with van der Waals surface area (Å²) < 4.78 is 0. The topological polar surface area (TPSA) is 69.6 Å². The first kappa shape index (κ1) is 37.1. The van der Waals surface area contributed by atoms with E-state index in [1.54, 1.807) is 6.08 Å². The predicted octanol–water partition coefficient (Wildman–Crippen LogP) is 9.56. The van der Waals surface area contributed by atoms with Gasteiger partial charge in [-0.05, 0) is 19.3 Å². The molecule has 0 unspecified atom stereocenters. The number of hydrogen-bond donors (Lipinski definition) is 3. The van der Waals surface area contributed by atoms with E-state index in [1.807, 2.05) is 6.08 Å². The Morgan fingerprint density at radius 1 is 0.605 bits per heavy atom. The highest BCUT2D eigenvalue weighted by atomic mass is 16.3. The van der Waals surface area contributed by atoms with E-state index in [1.165, 1.54) is 135 Å². The number of hydrogen-bond acceptors (Lipinski definition) is 3. The largest absolute Gasteiger partial charge is 0.394 e. The molecule has 226 valence electrons. The van der Waals surface area contributed by atoms with Gasteiger partial charge in [-0.2, -0.15) is 0 Å².